The predicted molar refractivity (Wildman–Crippen MR) is 69.9 cm³/mol. The third-order valence-corrected chi connectivity index (χ3v) is 2.89. The van der Waals surface area contributed by atoms with E-state index < -0.39 is 0 Å². The minimum Gasteiger partial charge on any atom is -0.303 e. The summed E-state index contributed by atoms with van der Waals surface area (Å²) in [4.78, 5) is 8.40. The molecule has 0 aromatic carbocycles. The highest BCUT2D eigenvalue weighted by Gasteiger charge is 2.10. The molecule has 0 saturated carbocycles. The van der Waals surface area contributed by atoms with E-state index in [0.717, 1.165) is 5.82 Å². The maximum atomic E-state index is 4.28. The molecular formula is C13H19N5. The molecule has 18 heavy (non-hydrogen) atoms. The first-order chi connectivity index (χ1) is 8.68. The van der Waals surface area contributed by atoms with Crippen LogP contribution in [0.1, 0.15) is 44.2 Å². The van der Waals surface area contributed by atoms with Crippen molar-refractivity contribution in [1.29, 1.82) is 0 Å². The van der Waals surface area contributed by atoms with E-state index in [2.05, 4.69) is 47.2 Å². The van der Waals surface area contributed by atoms with Crippen molar-refractivity contribution < 1.29 is 0 Å². The van der Waals surface area contributed by atoms with E-state index in [9.17, 15) is 0 Å². The summed E-state index contributed by atoms with van der Waals surface area (Å²) in [6, 6.07) is 4.59. The zero-order chi connectivity index (χ0) is 13.0. The molecular weight excluding hydrogens is 226 g/mol. The SMILES string of the molecule is CC(NCc1ncnn1C(C)C)c1cccnc1. The fourth-order valence-corrected chi connectivity index (χ4v) is 1.83. The second-order valence-electron chi connectivity index (χ2n) is 4.60. The Kier molecular flexibility index (Phi) is 4.04. The molecule has 2 aromatic heterocycles. The van der Waals surface area contributed by atoms with Gasteiger partial charge in [0.15, 0.2) is 0 Å². The van der Waals surface area contributed by atoms with Gasteiger partial charge in [0.05, 0.1) is 6.54 Å². The van der Waals surface area contributed by atoms with Crippen LogP contribution in [-0.2, 0) is 6.54 Å². The van der Waals surface area contributed by atoms with Crippen molar-refractivity contribution in [1.82, 2.24) is 25.1 Å². The smallest absolute Gasteiger partial charge is 0.141 e. The van der Waals surface area contributed by atoms with Crippen LogP contribution in [0.5, 0.6) is 0 Å². The van der Waals surface area contributed by atoms with Gasteiger partial charge in [0.25, 0.3) is 0 Å². The van der Waals surface area contributed by atoms with Crippen LogP contribution >= 0.6 is 0 Å². The van der Waals surface area contributed by atoms with Gasteiger partial charge in [-0.3, -0.25) is 4.98 Å². The largest absolute Gasteiger partial charge is 0.303 e. The van der Waals surface area contributed by atoms with Gasteiger partial charge in [0.1, 0.15) is 12.2 Å². The van der Waals surface area contributed by atoms with Crippen molar-refractivity contribution in [3.63, 3.8) is 0 Å². The van der Waals surface area contributed by atoms with Crippen LogP contribution in [0, 0.1) is 0 Å². The van der Waals surface area contributed by atoms with E-state index in [-0.39, 0.29) is 6.04 Å². The van der Waals surface area contributed by atoms with Crippen LogP contribution in [0.3, 0.4) is 0 Å². The Bertz CT molecular complexity index is 477. The van der Waals surface area contributed by atoms with Crippen molar-refractivity contribution in [2.45, 2.75) is 39.4 Å². The Morgan fingerprint density at radius 2 is 2.17 bits per heavy atom. The zero-order valence-electron chi connectivity index (χ0n) is 11.0. The lowest BCUT2D eigenvalue weighted by Gasteiger charge is -2.15. The molecule has 0 spiro atoms. The average molecular weight is 245 g/mol. The Hall–Kier alpha value is -1.75. The second-order valence-corrected chi connectivity index (χ2v) is 4.60. The number of hydrogen-bond donors (Lipinski definition) is 1. The third-order valence-electron chi connectivity index (χ3n) is 2.89. The van der Waals surface area contributed by atoms with E-state index in [0.29, 0.717) is 12.6 Å². The highest BCUT2D eigenvalue weighted by molar-refractivity contribution is 5.12. The Morgan fingerprint density at radius 1 is 1.33 bits per heavy atom. The topological polar surface area (TPSA) is 55.6 Å². The Labute approximate surface area is 107 Å². The van der Waals surface area contributed by atoms with Crippen molar-refractivity contribution in [3.8, 4) is 0 Å². The molecule has 5 heteroatoms. The first-order valence-electron chi connectivity index (χ1n) is 6.20. The van der Waals surface area contributed by atoms with Crippen LogP contribution < -0.4 is 5.32 Å². The van der Waals surface area contributed by atoms with Gasteiger partial charge < -0.3 is 5.32 Å². The molecule has 2 heterocycles. The molecule has 0 radical (unpaired) electrons. The summed E-state index contributed by atoms with van der Waals surface area (Å²) >= 11 is 0. The molecule has 0 aliphatic heterocycles. The molecule has 1 unspecified atom stereocenters. The number of pyridine rings is 1. The summed E-state index contributed by atoms with van der Waals surface area (Å²) in [6.07, 6.45) is 5.27. The fourth-order valence-electron chi connectivity index (χ4n) is 1.83. The molecule has 96 valence electrons. The monoisotopic (exact) mass is 245 g/mol. The number of nitrogens with one attached hydrogen (secondary N) is 1. The first-order valence-corrected chi connectivity index (χ1v) is 6.20. The summed E-state index contributed by atoms with van der Waals surface area (Å²) in [5.74, 6) is 0.959. The standard InChI is InChI=1S/C13H19N5/c1-10(2)18-13(16-9-17-18)8-15-11(3)12-5-4-6-14-7-12/h4-7,9-11,15H,8H2,1-3H3. The molecule has 0 fully saturated rings. The van der Waals surface area contributed by atoms with Gasteiger partial charge in [-0.05, 0) is 32.4 Å². The van der Waals surface area contributed by atoms with Gasteiger partial charge >= 0.3 is 0 Å². The minimum absolute atomic E-state index is 0.246. The molecule has 0 saturated heterocycles. The van der Waals surface area contributed by atoms with E-state index >= 15 is 0 Å². The number of hydrogen-bond acceptors (Lipinski definition) is 4. The highest BCUT2D eigenvalue weighted by atomic mass is 15.4. The van der Waals surface area contributed by atoms with Crippen LogP contribution in [0.15, 0.2) is 30.9 Å². The molecule has 2 aromatic rings. The lowest BCUT2D eigenvalue weighted by atomic mass is 10.1. The molecule has 0 bridgehead atoms. The van der Waals surface area contributed by atoms with Crippen LogP contribution in [0.25, 0.3) is 0 Å². The van der Waals surface area contributed by atoms with Gasteiger partial charge in [-0.1, -0.05) is 6.07 Å². The summed E-state index contributed by atoms with van der Waals surface area (Å²) in [5, 5.41) is 7.65. The van der Waals surface area contributed by atoms with Gasteiger partial charge in [-0.25, -0.2) is 9.67 Å². The molecule has 0 amide bonds. The lowest BCUT2D eigenvalue weighted by Crippen LogP contribution is -2.21. The van der Waals surface area contributed by atoms with Crippen molar-refractivity contribution >= 4 is 0 Å². The van der Waals surface area contributed by atoms with E-state index in [1.54, 1.807) is 12.5 Å². The minimum atomic E-state index is 0.246. The summed E-state index contributed by atoms with van der Waals surface area (Å²) < 4.78 is 1.93. The molecule has 0 aliphatic rings. The Balaban J connectivity index is 1.97. The van der Waals surface area contributed by atoms with Crippen molar-refractivity contribution in [3.05, 3.63) is 42.2 Å². The first kappa shape index (κ1) is 12.7. The van der Waals surface area contributed by atoms with E-state index in [4.69, 9.17) is 0 Å². The summed E-state index contributed by atoms with van der Waals surface area (Å²) in [5.41, 5.74) is 1.17. The molecule has 1 N–H and O–H groups in total. The second kappa shape index (κ2) is 5.73. The average Bonchev–Trinajstić information content (AvgIpc) is 2.85. The lowest BCUT2D eigenvalue weighted by molar-refractivity contribution is 0.473. The van der Waals surface area contributed by atoms with Crippen LogP contribution in [-0.4, -0.2) is 19.7 Å². The van der Waals surface area contributed by atoms with Gasteiger partial charge in [0.2, 0.25) is 0 Å². The summed E-state index contributed by atoms with van der Waals surface area (Å²) in [7, 11) is 0. The fraction of sp³-hybridized carbons (Fsp3) is 0.462. The van der Waals surface area contributed by atoms with Crippen molar-refractivity contribution in [2.75, 3.05) is 0 Å². The zero-order valence-corrected chi connectivity index (χ0v) is 11.0. The molecule has 2 rings (SSSR count). The predicted octanol–water partition coefficient (Wildman–Crippen LogP) is 2.10. The molecule has 1 atom stereocenters. The van der Waals surface area contributed by atoms with Gasteiger partial charge in [-0.2, -0.15) is 5.10 Å². The molecule has 5 nitrogen and oxygen atoms in total. The van der Waals surface area contributed by atoms with Crippen LogP contribution in [0.4, 0.5) is 0 Å². The van der Waals surface area contributed by atoms with Gasteiger partial charge in [0, 0.05) is 24.5 Å². The molecule has 0 aliphatic carbocycles. The van der Waals surface area contributed by atoms with E-state index in [1.165, 1.54) is 5.56 Å². The Morgan fingerprint density at radius 3 is 2.83 bits per heavy atom. The number of aromatic nitrogens is 4. The maximum absolute atomic E-state index is 4.28. The normalized spacial score (nSPS) is 12.9. The van der Waals surface area contributed by atoms with E-state index in [1.807, 2.05) is 16.9 Å². The quantitative estimate of drug-likeness (QED) is 0.876. The summed E-state index contributed by atoms with van der Waals surface area (Å²) in [6.45, 7) is 7.02. The highest BCUT2D eigenvalue weighted by Crippen LogP contribution is 2.11. The third kappa shape index (κ3) is 2.92. The van der Waals surface area contributed by atoms with Gasteiger partial charge in [-0.15, -0.1) is 0 Å². The van der Waals surface area contributed by atoms with Crippen molar-refractivity contribution in [2.24, 2.45) is 0 Å². The number of nitrogens with zero attached hydrogens (tertiary/aromatic N) is 4. The maximum Gasteiger partial charge on any atom is 0.141 e. The number of rotatable bonds is 5. The van der Waals surface area contributed by atoms with Crippen LogP contribution in [0.2, 0.25) is 0 Å².